The molecule has 4 nitrogen and oxygen atoms in total. The fraction of sp³-hybridized carbons (Fsp3) is 0.538. The van der Waals surface area contributed by atoms with Gasteiger partial charge in [0, 0.05) is 31.6 Å². The molecule has 0 amide bonds. The van der Waals surface area contributed by atoms with Crippen LogP contribution in [-0.2, 0) is 10.0 Å². The van der Waals surface area contributed by atoms with E-state index in [1.165, 1.54) is 18.4 Å². The van der Waals surface area contributed by atoms with Crippen molar-refractivity contribution in [1.29, 1.82) is 0 Å². The van der Waals surface area contributed by atoms with Gasteiger partial charge in [0.15, 0.2) is 0 Å². The van der Waals surface area contributed by atoms with Crippen molar-refractivity contribution in [3.05, 3.63) is 24.3 Å². The number of nitrogens with one attached hydrogen (secondary N) is 1. The summed E-state index contributed by atoms with van der Waals surface area (Å²) >= 11 is 1.84. The lowest BCUT2D eigenvalue weighted by atomic mass is 10.3. The van der Waals surface area contributed by atoms with Gasteiger partial charge in [-0.05, 0) is 36.9 Å². The lowest BCUT2D eigenvalue weighted by Crippen LogP contribution is -2.22. The van der Waals surface area contributed by atoms with Crippen molar-refractivity contribution in [3.63, 3.8) is 0 Å². The number of anilines is 1. The zero-order chi connectivity index (χ0) is 14.5. The first kappa shape index (κ1) is 16.3. The topological polar surface area (TPSA) is 49.4 Å². The van der Waals surface area contributed by atoms with Gasteiger partial charge in [0.05, 0.1) is 4.90 Å². The van der Waals surface area contributed by atoms with Crippen LogP contribution in [0.3, 0.4) is 0 Å². The van der Waals surface area contributed by atoms with Gasteiger partial charge in [0.1, 0.15) is 0 Å². The van der Waals surface area contributed by atoms with E-state index in [0.717, 1.165) is 18.7 Å². The summed E-state index contributed by atoms with van der Waals surface area (Å²) in [5.41, 5.74) is 0.950. The highest BCUT2D eigenvalue weighted by Crippen LogP contribution is 2.17. The molecule has 0 aliphatic heterocycles. The first-order chi connectivity index (χ1) is 8.87. The minimum absolute atomic E-state index is 0.320. The third-order valence-electron chi connectivity index (χ3n) is 2.92. The lowest BCUT2D eigenvalue weighted by molar-refractivity contribution is 0.521. The van der Waals surface area contributed by atoms with Crippen molar-refractivity contribution in [2.75, 3.05) is 32.2 Å². The Kier molecular flexibility index (Phi) is 6.16. The van der Waals surface area contributed by atoms with Crippen molar-refractivity contribution in [1.82, 2.24) is 4.31 Å². The Hall–Kier alpha value is -0.720. The van der Waals surface area contributed by atoms with Crippen molar-refractivity contribution < 1.29 is 8.42 Å². The molecule has 0 aromatic heterocycles. The molecular formula is C13H22N2O2S2. The third-order valence-corrected chi connectivity index (χ3v) is 5.79. The molecule has 0 saturated heterocycles. The lowest BCUT2D eigenvalue weighted by Gasteiger charge is -2.13. The third kappa shape index (κ3) is 4.71. The maximum absolute atomic E-state index is 11.9. The predicted molar refractivity (Wildman–Crippen MR) is 83.4 cm³/mol. The number of sulfonamides is 1. The summed E-state index contributed by atoms with van der Waals surface area (Å²) in [6.07, 6.45) is 3.19. The molecular weight excluding hydrogens is 280 g/mol. The zero-order valence-electron chi connectivity index (χ0n) is 11.9. The van der Waals surface area contributed by atoms with Crippen LogP contribution in [0.15, 0.2) is 29.2 Å². The van der Waals surface area contributed by atoms with Crippen LogP contribution in [-0.4, -0.2) is 44.9 Å². The molecule has 19 heavy (non-hydrogen) atoms. The van der Waals surface area contributed by atoms with Crippen molar-refractivity contribution in [3.8, 4) is 0 Å². The van der Waals surface area contributed by atoms with Gasteiger partial charge in [-0.3, -0.25) is 0 Å². The van der Waals surface area contributed by atoms with Crippen LogP contribution in [0.1, 0.15) is 13.3 Å². The van der Waals surface area contributed by atoms with E-state index in [0.29, 0.717) is 10.1 Å². The van der Waals surface area contributed by atoms with Crippen molar-refractivity contribution >= 4 is 27.5 Å². The van der Waals surface area contributed by atoms with Crippen LogP contribution in [0.2, 0.25) is 0 Å². The number of thioether (sulfide) groups is 1. The summed E-state index contributed by atoms with van der Waals surface area (Å²) in [6, 6.07) is 6.88. The van der Waals surface area contributed by atoms with Crippen LogP contribution in [0, 0.1) is 0 Å². The highest BCUT2D eigenvalue weighted by molar-refractivity contribution is 7.99. The van der Waals surface area contributed by atoms with E-state index in [9.17, 15) is 8.42 Å². The molecule has 0 aliphatic carbocycles. The molecule has 0 heterocycles. The fourth-order valence-corrected chi connectivity index (χ4v) is 2.75. The molecule has 0 radical (unpaired) electrons. The quantitative estimate of drug-likeness (QED) is 0.841. The Labute approximate surface area is 120 Å². The van der Waals surface area contributed by atoms with Crippen LogP contribution in [0.25, 0.3) is 0 Å². The molecule has 1 N–H and O–H groups in total. The summed E-state index contributed by atoms with van der Waals surface area (Å²) < 4.78 is 25.0. The monoisotopic (exact) mass is 302 g/mol. The van der Waals surface area contributed by atoms with E-state index < -0.39 is 10.0 Å². The molecule has 0 bridgehead atoms. The van der Waals surface area contributed by atoms with Gasteiger partial charge >= 0.3 is 0 Å². The zero-order valence-corrected chi connectivity index (χ0v) is 13.5. The Morgan fingerprint density at radius 2 is 1.84 bits per heavy atom. The van der Waals surface area contributed by atoms with Crippen molar-refractivity contribution in [2.24, 2.45) is 0 Å². The molecule has 0 spiro atoms. The number of nitrogens with zero attached hydrogens (tertiary/aromatic N) is 1. The van der Waals surface area contributed by atoms with Gasteiger partial charge in [0.2, 0.25) is 10.0 Å². The minimum atomic E-state index is -3.33. The molecule has 0 saturated carbocycles. The molecule has 1 aromatic carbocycles. The summed E-state index contributed by atoms with van der Waals surface area (Å²) in [5, 5.41) is 3.92. The second kappa shape index (κ2) is 7.17. The van der Waals surface area contributed by atoms with E-state index in [1.807, 2.05) is 11.8 Å². The largest absolute Gasteiger partial charge is 0.385 e. The summed E-state index contributed by atoms with van der Waals surface area (Å²) in [4.78, 5) is 0.320. The van der Waals surface area contributed by atoms with Gasteiger partial charge in [-0.2, -0.15) is 11.8 Å². The highest BCUT2D eigenvalue weighted by atomic mass is 32.2. The fourth-order valence-electron chi connectivity index (χ4n) is 1.49. The van der Waals surface area contributed by atoms with Crippen LogP contribution >= 0.6 is 11.8 Å². The maximum Gasteiger partial charge on any atom is 0.242 e. The second-order valence-corrected chi connectivity index (χ2v) is 8.00. The normalized spacial score (nSPS) is 13.5. The van der Waals surface area contributed by atoms with Gasteiger partial charge in [-0.25, -0.2) is 12.7 Å². The first-order valence-electron chi connectivity index (χ1n) is 6.17. The molecule has 1 rings (SSSR count). The van der Waals surface area contributed by atoms with Crippen LogP contribution < -0.4 is 5.32 Å². The molecule has 1 aromatic rings. The van der Waals surface area contributed by atoms with Gasteiger partial charge in [-0.1, -0.05) is 6.92 Å². The number of rotatable bonds is 7. The van der Waals surface area contributed by atoms with Crippen LogP contribution in [0.4, 0.5) is 5.69 Å². The molecule has 0 fully saturated rings. The predicted octanol–water partition coefficient (Wildman–Crippen LogP) is 2.49. The number of benzene rings is 1. The number of hydrogen-bond donors (Lipinski definition) is 1. The molecule has 6 heteroatoms. The Morgan fingerprint density at radius 1 is 1.26 bits per heavy atom. The van der Waals surface area contributed by atoms with E-state index in [4.69, 9.17) is 0 Å². The Balaban J connectivity index is 2.62. The Bertz CT molecular complexity index is 484. The molecule has 108 valence electrons. The average molecular weight is 302 g/mol. The molecule has 0 aliphatic rings. The van der Waals surface area contributed by atoms with E-state index in [1.54, 1.807) is 24.3 Å². The van der Waals surface area contributed by atoms with Gasteiger partial charge < -0.3 is 5.32 Å². The van der Waals surface area contributed by atoms with E-state index in [2.05, 4.69) is 18.5 Å². The summed E-state index contributed by atoms with van der Waals surface area (Å²) in [5.74, 6) is 0. The second-order valence-electron chi connectivity index (χ2n) is 4.57. The van der Waals surface area contributed by atoms with E-state index >= 15 is 0 Å². The number of hydrogen-bond acceptors (Lipinski definition) is 4. The van der Waals surface area contributed by atoms with Crippen LogP contribution in [0.5, 0.6) is 0 Å². The SMILES string of the molecule is CSC(C)CCNc1ccc(S(=O)(=O)N(C)C)cc1. The van der Waals surface area contributed by atoms with Gasteiger partial charge in [0.25, 0.3) is 0 Å². The molecule has 1 unspecified atom stereocenters. The maximum atomic E-state index is 11.9. The van der Waals surface area contributed by atoms with Gasteiger partial charge in [-0.15, -0.1) is 0 Å². The average Bonchev–Trinajstić information content (AvgIpc) is 2.39. The Morgan fingerprint density at radius 3 is 2.32 bits per heavy atom. The van der Waals surface area contributed by atoms with Crippen molar-refractivity contribution in [2.45, 2.75) is 23.5 Å². The molecule has 1 atom stereocenters. The highest BCUT2D eigenvalue weighted by Gasteiger charge is 2.16. The summed E-state index contributed by atoms with van der Waals surface area (Å²) in [6.45, 7) is 3.08. The minimum Gasteiger partial charge on any atom is -0.385 e. The smallest absolute Gasteiger partial charge is 0.242 e. The summed E-state index contributed by atoms with van der Waals surface area (Å²) in [7, 11) is -0.263. The standard InChI is InChI=1S/C13H22N2O2S2/c1-11(18-4)9-10-14-12-5-7-13(8-6-12)19(16,17)15(2)3/h5-8,11,14H,9-10H2,1-4H3. The first-order valence-corrected chi connectivity index (χ1v) is 8.90. The van der Waals surface area contributed by atoms with E-state index in [-0.39, 0.29) is 0 Å².